The molecule has 0 aromatic heterocycles. The summed E-state index contributed by atoms with van der Waals surface area (Å²) in [4.78, 5) is 0. The first-order chi connectivity index (χ1) is 4.22. The molecule has 0 rings (SSSR count). The van der Waals surface area contributed by atoms with Crippen molar-refractivity contribution in [3.63, 3.8) is 0 Å². The Morgan fingerprint density at radius 1 is 1.33 bits per heavy atom. The van der Waals surface area contributed by atoms with Crippen LogP contribution in [0.4, 0.5) is 0 Å². The van der Waals surface area contributed by atoms with E-state index in [2.05, 4.69) is 0 Å². The van der Waals surface area contributed by atoms with Gasteiger partial charge in [-0.3, -0.25) is 0 Å². The molecule has 0 spiro atoms. The van der Waals surface area contributed by atoms with Gasteiger partial charge in [0.1, 0.15) is 0 Å². The zero-order valence-corrected chi connectivity index (χ0v) is 6.30. The van der Waals surface area contributed by atoms with Crippen molar-refractivity contribution < 1.29 is 10.2 Å². The lowest BCUT2D eigenvalue weighted by atomic mass is 10.1. The summed E-state index contributed by atoms with van der Waals surface area (Å²) in [6.45, 7) is 1.82. The van der Waals surface area contributed by atoms with Crippen molar-refractivity contribution in [2.45, 2.75) is 32.0 Å². The number of hydrogen-bond donors (Lipinski definition) is 2. The third-order valence-electron chi connectivity index (χ3n) is 1.27. The molecule has 2 atom stereocenters. The quantitative estimate of drug-likeness (QED) is 0.584. The minimum atomic E-state index is -0.646. The Bertz CT molecular complexity index is 68.1. The summed E-state index contributed by atoms with van der Waals surface area (Å²) in [7, 11) is 0. The summed E-state index contributed by atoms with van der Waals surface area (Å²) in [5, 5.41) is 17.9. The average molecular weight is 153 g/mol. The molecule has 0 heterocycles. The van der Waals surface area contributed by atoms with E-state index in [9.17, 15) is 0 Å². The van der Waals surface area contributed by atoms with E-state index >= 15 is 0 Å². The SMILES string of the molecule is CCC(O)C(O)CCCl. The van der Waals surface area contributed by atoms with Crippen LogP contribution in [0.25, 0.3) is 0 Å². The van der Waals surface area contributed by atoms with Gasteiger partial charge >= 0.3 is 0 Å². The second-order valence-electron chi connectivity index (χ2n) is 2.02. The first-order valence-electron chi connectivity index (χ1n) is 3.14. The maximum atomic E-state index is 8.98. The van der Waals surface area contributed by atoms with Gasteiger partial charge in [-0.2, -0.15) is 0 Å². The zero-order chi connectivity index (χ0) is 7.28. The normalized spacial score (nSPS) is 17.3. The Morgan fingerprint density at radius 3 is 2.22 bits per heavy atom. The second-order valence-corrected chi connectivity index (χ2v) is 2.40. The smallest absolute Gasteiger partial charge is 0.0810 e. The molecular weight excluding hydrogens is 140 g/mol. The fourth-order valence-corrected chi connectivity index (χ4v) is 0.800. The molecule has 0 bridgehead atoms. The summed E-state index contributed by atoms with van der Waals surface area (Å²) in [5.74, 6) is 0.401. The molecule has 0 aliphatic heterocycles. The van der Waals surface area contributed by atoms with Gasteiger partial charge in [0.05, 0.1) is 12.2 Å². The summed E-state index contributed by atoms with van der Waals surface area (Å²) in [6, 6.07) is 0. The van der Waals surface area contributed by atoms with Crippen molar-refractivity contribution in [3.8, 4) is 0 Å². The predicted molar refractivity (Wildman–Crippen MR) is 37.6 cm³/mol. The molecule has 0 aromatic rings. The van der Waals surface area contributed by atoms with Crippen LogP contribution in [0.2, 0.25) is 0 Å². The third kappa shape index (κ3) is 3.73. The summed E-state index contributed by atoms with van der Waals surface area (Å²) in [5.41, 5.74) is 0. The van der Waals surface area contributed by atoms with Crippen molar-refractivity contribution in [2.24, 2.45) is 0 Å². The van der Waals surface area contributed by atoms with Gasteiger partial charge < -0.3 is 10.2 Å². The van der Waals surface area contributed by atoms with Gasteiger partial charge in [0.25, 0.3) is 0 Å². The molecule has 2 nitrogen and oxygen atoms in total. The second kappa shape index (κ2) is 5.03. The minimum absolute atomic E-state index is 0.401. The minimum Gasteiger partial charge on any atom is -0.390 e. The Hall–Kier alpha value is 0.210. The highest BCUT2D eigenvalue weighted by Crippen LogP contribution is 2.02. The molecule has 2 unspecified atom stereocenters. The molecule has 0 amide bonds. The third-order valence-corrected chi connectivity index (χ3v) is 1.49. The lowest BCUT2D eigenvalue weighted by Crippen LogP contribution is -2.25. The van der Waals surface area contributed by atoms with E-state index in [4.69, 9.17) is 21.8 Å². The van der Waals surface area contributed by atoms with Crippen LogP contribution >= 0.6 is 11.6 Å². The van der Waals surface area contributed by atoms with Crippen LogP contribution in [-0.4, -0.2) is 28.3 Å². The first-order valence-corrected chi connectivity index (χ1v) is 3.68. The predicted octanol–water partition coefficient (Wildman–Crippen LogP) is 0.747. The number of rotatable bonds is 4. The van der Waals surface area contributed by atoms with Crippen LogP contribution in [-0.2, 0) is 0 Å². The fourth-order valence-electron chi connectivity index (χ4n) is 0.576. The van der Waals surface area contributed by atoms with Gasteiger partial charge in [0.15, 0.2) is 0 Å². The summed E-state index contributed by atoms with van der Waals surface area (Å²) in [6.07, 6.45) is -0.203. The lowest BCUT2D eigenvalue weighted by Gasteiger charge is -2.13. The van der Waals surface area contributed by atoms with Gasteiger partial charge in [-0.25, -0.2) is 0 Å². The first kappa shape index (κ1) is 9.21. The molecule has 56 valence electrons. The van der Waals surface area contributed by atoms with E-state index in [1.165, 1.54) is 0 Å². The molecule has 0 aliphatic rings. The Labute approximate surface area is 60.5 Å². The number of alkyl halides is 1. The zero-order valence-electron chi connectivity index (χ0n) is 5.55. The lowest BCUT2D eigenvalue weighted by molar-refractivity contribution is 0.0162. The van der Waals surface area contributed by atoms with E-state index in [1.807, 2.05) is 6.92 Å². The van der Waals surface area contributed by atoms with E-state index in [-0.39, 0.29) is 0 Å². The molecule has 0 saturated heterocycles. The maximum absolute atomic E-state index is 8.98. The van der Waals surface area contributed by atoms with Crippen molar-refractivity contribution in [1.82, 2.24) is 0 Å². The molecule has 2 N–H and O–H groups in total. The van der Waals surface area contributed by atoms with E-state index in [0.717, 1.165) is 0 Å². The highest BCUT2D eigenvalue weighted by molar-refractivity contribution is 6.17. The Kier molecular flexibility index (Phi) is 5.15. The molecule has 0 saturated carbocycles. The van der Waals surface area contributed by atoms with E-state index in [0.29, 0.717) is 18.7 Å². The van der Waals surface area contributed by atoms with Crippen molar-refractivity contribution in [2.75, 3.05) is 5.88 Å². The highest BCUT2D eigenvalue weighted by Gasteiger charge is 2.11. The molecule has 0 aromatic carbocycles. The largest absolute Gasteiger partial charge is 0.390 e. The van der Waals surface area contributed by atoms with Crippen LogP contribution in [0, 0.1) is 0 Å². The van der Waals surface area contributed by atoms with Gasteiger partial charge in [-0.15, -0.1) is 11.6 Å². The molecule has 9 heavy (non-hydrogen) atoms. The molecule has 3 heteroatoms. The maximum Gasteiger partial charge on any atom is 0.0810 e. The monoisotopic (exact) mass is 152 g/mol. The van der Waals surface area contributed by atoms with Crippen LogP contribution in [0.15, 0.2) is 0 Å². The standard InChI is InChI=1S/C6H13ClO2/c1-2-5(8)6(9)3-4-7/h5-6,8-9H,2-4H2,1H3. The van der Waals surface area contributed by atoms with Crippen LogP contribution in [0.1, 0.15) is 19.8 Å². The Balaban J connectivity index is 3.32. The van der Waals surface area contributed by atoms with Gasteiger partial charge in [0.2, 0.25) is 0 Å². The fraction of sp³-hybridized carbons (Fsp3) is 1.00. The highest BCUT2D eigenvalue weighted by atomic mass is 35.5. The molecule has 0 fully saturated rings. The number of hydrogen-bond acceptors (Lipinski definition) is 2. The van der Waals surface area contributed by atoms with Crippen LogP contribution < -0.4 is 0 Å². The van der Waals surface area contributed by atoms with Crippen molar-refractivity contribution >= 4 is 11.6 Å². The van der Waals surface area contributed by atoms with Gasteiger partial charge in [0, 0.05) is 5.88 Å². The van der Waals surface area contributed by atoms with Gasteiger partial charge in [-0.1, -0.05) is 6.92 Å². The Morgan fingerprint density at radius 2 is 1.89 bits per heavy atom. The number of aliphatic hydroxyl groups is 2. The molecule has 0 aliphatic carbocycles. The summed E-state index contributed by atoms with van der Waals surface area (Å²) < 4.78 is 0. The summed E-state index contributed by atoms with van der Waals surface area (Å²) >= 11 is 5.33. The van der Waals surface area contributed by atoms with Crippen molar-refractivity contribution in [3.05, 3.63) is 0 Å². The van der Waals surface area contributed by atoms with E-state index in [1.54, 1.807) is 0 Å². The van der Waals surface area contributed by atoms with Crippen molar-refractivity contribution in [1.29, 1.82) is 0 Å². The topological polar surface area (TPSA) is 40.5 Å². The number of aliphatic hydroxyl groups excluding tert-OH is 2. The number of halogens is 1. The molecule has 0 radical (unpaired) electrons. The van der Waals surface area contributed by atoms with Gasteiger partial charge in [-0.05, 0) is 12.8 Å². The van der Waals surface area contributed by atoms with Crippen LogP contribution in [0.5, 0.6) is 0 Å². The van der Waals surface area contributed by atoms with E-state index < -0.39 is 12.2 Å². The molecular formula is C6H13ClO2. The van der Waals surface area contributed by atoms with Crippen LogP contribution in [0.3, 0.4) is 0 Å². The average Bonchev–Trinajstić information content (AvgIpc) is 1.87.